The zero-order valence-electron chi connectivity index (χ0n) is 16.3. The van der Waals surface area contributed by atoms with E-state index in [0.29, 0.717) is 5.56 Å². The smallest absolute Gasteiger partial charge is 0.339 e. The number of hydrogen-bond donors (Lipinski definition) is 2. The average molecular weight is 370 g/mol. The van der Waals surface area contributed by atoms with Gasteiger partial charge in [-0.1, -0.05) is 30.3 Å². The fourth-order valence-electron chi connectivity index (χ4n) is 2.85. The average Bonchev–Trinajstić information content (AvgIpc) is 2.60. The molecule has 2 N–H and O–H groups in total. The van der Waals surface area contributed by atoms with Crippen molar-refractivity contribution >= 4 is 11.9 Å². The molecule has 0 radical (unpaired) electrons. The molecule has 1 aromatic carbocycles. The number of nitrogens with one attached hydrogen (secondary N) is 1. The summed E-state index contributed by atoms with van der Waals surface area (Å²) in [5.41, 5.74) is 0.982. The summed E-state index contributed by atoms with van der Waals surface area (Å²) >= 11 is 0. The Morgan fingerprint density at radius 1 is 1.19 bits per heavy atom. The quantitative estimate of drug-likeness (QED) is 0.790. The molecule has 0 aliphatic rings. The maximum Gasteiger partial charge on any atom is 0.339 e. The molecule has 0 aliphatic heterocycles. The Kier molecular flexibility index (Phi) is 6.33. The van der Waals surface area contributed by atoms with Crippen LogP contribution in [0.4, 0.5) is 0 Å². The number of aliphatic hydroxyl groups is 1. The molecule has 27 heavy (non-hydrogen) atoms. The van der Waals surface area contributed by atoms with E-state index in [2.05, 4.69) is 10.3 Å². The van der Waals surface area contributed by atoms with E-state index < -0.39 is 29.5 Å². The molecule has 2 unspecified atom stereocenters. The van der Waals surface area contributed by atoms with Gasteiger partial charge in [-0.15, -0.1) is 0 Å². The number of hydrogen-bond acceptors (Lipinski definition) is 5. The fourth-order valence-corrected chi connectivity index (χ4v) is 2.85. The number of amides is 1. The normalized spacial score (nSPS) is 13.6. The third-order valence-corrected chi connectivity index (χ3v) is 3.99. The summed E-state index contributed by atoms with van der Waals surface area (Å²) < 4.78 is 5.52. The van der Waals surface area contributed by atoms with Crippen LogP contribution in [-0.2, 0) is 4.74 Å². The van der Waals surface area contributed by atoms with Crippen molar-refractivity contribution in [2.24, 2.45) is 0 Å². The number of nitrogens with zero attached hydrogens (tertiary/aromatic N) is 1. The Hall–Kier alpha value is -2.73. The largest absolute Gasteiger partial charge is 0.456 e. The molecule has 0 aliphatic carbocycles. The van der Waals surface area contributed by atoms with E-state index >= 15 is 0 Å². The Bertz CT molecular complexity index is 811. The molecule has 1 aromatic heterocycles. The lowest BCUT2D eigenvalue weighted by Gasteiger charge is -2.25. The third kappa shape index (κ3) is 5.14. The van der Waals surface area contributed by atoms with Crippen molar-refractivity contribution in [3.05, 3.63) is 65.0 Å². The Balaban J connectivity index is 2.62. The van der Waals surface area contributed by atoms with Gasteiger partial charge in [0.05, 0.1) is 11.7 Å². The van der Waals surface area contributed by atoms with Gasteiger partial charge in [-0.2, -0.15) is 0 Å². The highest BCUT2D eigenvalue weighted by atomic mass is 16.6. The van der Waals surface area contributed by atoms with Gasteiger partial charge in [-0.3, -0.25) is 9.78 Å². The van der Waals surface area contributed by atoms with Gasteiger partial charge in [0, 0.05) is 19.2 Å². The molecule has 0 saturated carbocycles. The zero-order valence-corrected chi connectivity index (χ0v) is 16.3. The number of carbonyl (C=O) groups excluding carboxylic acids is 2. The molecule has 2 atom stereocenters. The van der Waals surface area contributed by atoms with Crippen molar-refractivity contribution in [2.75, 3.05) is 7.05 Å². The number of carbonyl (C=O) groups is 2. The highest BCUT2D eigenvalue weighted by molar-refractivity contribution is 5.97. The number of ether oxygens (including phenoxy) is 1. The molecule has 144 valence electrons. The van der Waals surface area contributed by atoms with E-state index in [-0.39, 0.29) is 11.3 Å². The van der Waals surface area contributed by atoms with Crippen LogP contribution in [0.5, 0.6) is 0 Å². The van der Waals surface area contributed by atoms with Crippen molar-refractivity contribution in [1.29, 1.82) is 0 Å². The summed E-state index contributed by atoms with van der Waals surface area (Å²) in [6, 6.07) is 10.8. The molecular weight excluding hydrogens is 344 g/mol. The Labute approximate surface area is 159 Å². The van der Waals surface area contributed by atoms with Crippen molar-refractivity contribution in [3.63, 3.8) is 0 Å². The molecule has 0 bridgehead atoms. The van der Waals surface area contributed by atoms with E-state index in [1.54, 1.807) is 27.7 Å². The first kappa shape index (κ1) is 20.6. The van der Waals surface area contributed by atoms with Gasteiger partial charge in [0.25, 0.3) is 5.91 Å². The van der Waals surface area contributed by atoms with Crippen LogP contribution < -0.4 is 5.32 Å². The lowest BCUT2D eigenvalue weighted by molar-refractivity contribution is 0.00672. The fraction of sp³-hybridized carbons (Fsp3) is 0.381. The minimum Gasteiger partial charge on any atom is -0.456 e. The molecule has 2 rings (SSSR count). The number of aliphatic hydroxyl groups excluding tert-OH is 1. The standard InChI is InChI=1S/C21H26N2O4/c1-13(24)18(14-9-7-6-8-10-14)16-12-23-17(19(25)22-5)11-15(16)20(26)27-21(2,3)4/h6-13,18,24H,1-5H3,(H,22,25). The molecular formula is C21H26N2O4. The minimum atomic E-state index is -0.777. The summed E-state index contributed by atoms with van der Waals surface area (Å²) in [5, 5.41) is 12.9. The number of benzene rings is 1. The topological polar surface area (TPSA) is 88.5 Å². The summed E-state index contributed by atoms with van der Waals surface area (Å²) in [7, 11) is 1.49. The predicted molar refractivity (Wildman–Crippen MR) is 103 cm³/mol. The van der Waals surface area contributed by atoms with Gasteiger partial charge in [0.15, 0.2) is 0 Å². The van der Waals surface area contributed by atoms with E-state index in [9.17, 15) is 14.7 Å². The maximum absolute atomic E-state index is 12.8. The minimum absolute atomic E-state index is 0.111. The lowest BCUT2D eigenvalue weighted by Crippen LogP contribution is -2.27. The zero-order chi connectivity index (χ0) is 20.2. The van der Waals surface area contributed by atoms with E-state index in [1.165, 1.54) is 19.3 Å². The van der Waals surface area contributed by atoms with Crippen LogP contribution in [-0.4, -0.2) is 40.7 Å². The molecule has 0 saturated heterocycles. The van der Waals surface area contributed by atoms with Crippen LogP contribution in [0.1, 0.15) is 65.6 Å². The lowest BCUT2D eigenvalue weighted by atomic mass is 9.85. The van der Waals surface area contributed by atoms with Crippen molar-refractivity contribution in [3.8, 4) is 0 Å². The number of esters is 1. The highest BCUT2D eigenvalue weighted by Gasteiger charge is 2.29. The first-order valence-electron chi connectivity index (χ1n) is 8.82. The Morgan fingerprint density at radius 3 is 2.33 bits per heavy atom. The first-order valence-corrected chi connectivity index (χ1v) is 8.82. The molecule has 1 amide bonds. The first-order chi connectivity index (χ1) is 12.6. The highest BCUT2D eigenvalue weighted by Crippen LogP contribution is 2.31. The monoisotopic (exact) mass is 370 g/mol. The van der Waals surface area contributed by atoms with Gasteiger partial charge in [0.2, 0.25) is 0 Å². The maximum atomic E-state index is 12.8. The summed E-state index contributed by atoms with van der Waals surface area (Å²) in [6.45, 7) is 6.97. The predicted octanol–water partition coefficient (Wildman–Crippen LogP) is 2.91. The van der Waals surface area contributed by atoms with E-state index in [1.807, 2.05) is 30.3 Å². The van der Waals surface area contributed by atoms with E-state index in [4.69, 9.17) is 4.74 Å². The number of rotatable bonds is 5. The third-order valence-electron chi connectivity index (χ3n) is 3.99. The number of pyridine rings is 1. The van der Waals surface area contributed by atoms with Gasteiger partial charge in [0.1, 0.15) is 11.3 Å². The van der Waals surface area contributed by atoms with Crippen LogP contribution in [0, 0.1) is 0 Å². The van der Waals surface area contributed by atoms with Crippen LogP contribution in [0.2, 0.25) is 0 Å². The van der Waals surface area contributed by atoms with Crippen LogP contribution in [0.15, 0.2) is 42.6 Å². The molecule has 1 heterocycles. The van der Waals surface area contributed by atoms with Gasteiger partial charge in [-0.25, -0.2) is 4.79 Å². The second-order valence-electron chi connectivity index (χ2n) is 7.37. The number of aromatic nitrogens is 1. The van der Waals surface area contributed by atoms with Crippen LogP contribution in [0.25, 0.3) is 0 Å². The summed E-state index contributed by atoms with van der Waals surface area (Å²) in [4.78, 5) is 29.0. The summed E-state index contributed by atoms with van der Waals surface area (Å²) in [6.07, 6.45) is 0.690. The Morgan fingerprint density at radius 2 is 1.81 bits per heavy atom. The van der Waals surface area contributed by atoms with Crippen molar-refractivity contribution < 1.29 is 19.4 Å². The van der Waals surface area contributed by atoms with Crippen molar-refractivity contribution in [2.45, 2.75) is 45.3 Å². The van der Waals surface area contributed by atoms with Gasteiger partial charge in [-0.05, 0) is 44.9 Å². The SMILES string of the molecule is CNC(=O)c1cc(C(=O)OC(C)(C)C)c(C(c2ccccc2)C(C)O)cn1. The van der Waals surface area contributed by atoms with Gasteiger partial charge < -0.3 is 15.2 Å². The van der Waals surface area contributed by atoms with Crippen LogP contribution in [0.3, 0.4) is 0 Å². The summed E-state index contributed by atoms with van der Waals surface area (Å²) in [5.74, 6) is -1.45. The molecule has 0 fully saturated rings. The van der Waals surface area contributed by atoms with Crippen LogP contribution >= 0.6 is 0 Å². The molecule has 2 aromatic rings. The molecule has 6 nitrogen and oxygen atoms in total. The van der Waals surface area contributed by atoms with Crippen molar-refractivity contribution in [1.82, 2.24) is 10.3 Å². The second kappa shape index (κ2) is 8.31. The van der Waals surface area contributed by atoms with Gasteiger partial charge >= 0.3 is 5.97 Å². The molecule has 6 heteroatoms. The molecule has 0 spiro atoms. The second-order valence-corrected chi connectivity index (χ2v) is 7.37. The van der Waals surface area contributed by atoms with E-state index in [0.717, 1.165) is 5.56 Å².